The smallest absolute Gasteiger partial charge is 0.251 e. The summed E-state index contributed by atoms with van der Waals surface area (Å²) in [5, 5.41) is 6.84. The molecule has 2 fully saturated rings. The molecule has 3 aromatic carbocycles. The highest BCUT2D eigenvalue weighted by molar-refractivity contribution is 6.34. The summed E-state index contributed by atoms with van der Waals surface area (Å²) in [5.74, 6) is -1.73. The molecule has 8 heteroatoms. The van der Waals surface area contributed by atoms with Crippen LogP contribution in [-0.4, -0.2) is 35.1 Å². The maximum atomic E-state index is 14.5. The molecule has 36 heavy (non-hydrogen) atoms. The van der Waals surface area contributed by atoms with Crippen LogP contribution < -0.4 is 10.6 Å². The molecule has 3 aromatic rings. The van der Waals surface area contributed by atoms with Crippen LogP contribution in [0.3, 0.4) is 0 Å². The van der Waals surface area contributed by atoms with Gasteiger partial charge in [0.15, 0.2) is 5.78 Å². The molecule has 0 radical (unpaired) electrons. The zero-order valence-electron chi connectivity index (χ0n) is 19.1. The molecule has 0 bridgehead atoms. The number of rotatable bonds is 2. The Balaban J connectivity index is 1.61. The Morgan fingerprint density at radius 1 is 0.889 bits per heavy atom. The average Bonchev–Trinajstić information content (AvgIpc) is 3.58. The lowest BCUT2D eigenvalue weighted by Gasteiger charge is -2.43. The summed E-state index contributed by atoms with van der Waals surface area (Å²) < 4.78 is 0. The highest BCUT2D eigenvalue weighted by Crippen LogP contribution is 2.68. The number of anilines is 2. The monoisotopic (exact) mass is 517 g/mol. The SMILES string of the molecule is O=C(c1ccccc1Cl)C1C2CCCN2C2(C(=O)Nc3ccc(Cl)cc32)C12C(=O)Nc1ccccc12. The first-order valence-corrected chi connectivity index (χ1v) is 12.8. The van der Waals surface area contributed by atoms with Gasteiger partial charge in [0.2, 0.25) is 5.91 Å². The van der Waals surface area contributed by atoms with Crippen molar-refractivity contribution in [3.8, 4) is 0 Å². The van der Waals surface area contributed by atoms with Crippen LogP contribution in [0.15, 0.2) is 66.7 Å². The number of para-hydroxylation sites is 1. The summed E-state index contributed by atoms with van der Waals surface area (Å²) in [5.41, 5.74) is -0.0847. The first kappa shape index (κ1) is 22.0. The molecule has 4 heterocycles. The maximum Gasteiger partial charge on any atom is 0.251 e. The van der Waals surface area contributed by atoms with Gasteiger partial charge in [-0.05, 0) is 61.3 Å². The largest absolute Gasteiger partial charge is 0.325 e. The van der Waals surface area contributed by atoms with E-state index in [4.69, 9.17) is 23.2 Å². The Bertz CT molecular complexity index is 1510. The first-order valence-electron chi connectivity index (χ1n) is 12.0. The third-order valence-corrected chi connectivity index (χ3v) is 9.04. The highest BCUT2D eigenvalue weighted by Gasteiger charge is 2.81. The molecule has 2 spiro atoms. The van der Waals surface area contributed by atoms with Gasteiger partial charge in [-0.1, -0.05) is 53.5 Å². The molecule has 0 aliphatic carbocycles. The number of nitrogens with zero attached hydrogens (tertiary/aromatic N) is 1. The summed E-state index contributed by atoms with van der Waals surface area (Å²) in [4.78, 5) is 45.3. The van der Waals surface area contributed by atoms with Crippen LogP contribution in [0.1, 0.15) is 34.3 Å². The fraction of sp³-hybridized carbons (Fsp3) is 0.250. The lowest BCUT2D eigenvalue weighted by molar-refractivity contribution is -0.137. The van der Waals surface area contributed by atoms with E-state index in [-0.39, 0.29) is 23.6 Å². The molecule has 2 saturated heterocycles. The maximum absolute atomic E-state index is 14.5. The van der Waals surface area contributed by atoms with E-state index < -0.39 is 16.9 Å². The van der Waals surface area contributed by atoms with E-state index >= 15 is 0 Å². The third-order valence-electron chi connectivity index (χ3n) is 8.48. The van der Waals surface area contributed by atoms with Crippen molar-refractivity contribution in [2.45, 2.75) is 29.8 Å². The second kappa shape index (κ2) is 7.42. The Kier molecular flexibility index (Phi) is 4.54. The molecule has 0 saturated carbocycles. The zero-order chi connectivity index (χ0) is 24.8. The van der Waals surface area contributed by atoms with Gasteiger partial charge in [-0.3, -0.25) is 19.3 Å². The minimum atomic E-state index is -1.51. The number of carbonyl (C=O) groups excluding carboxylic acids is 3. The molecule has 4 aliphatic heterocycles. The number of nitrogens with one attached hydrogen (secondary N) is 2. The molecular weight excluding hydrogens is 497 g/mol. The second-order valence-corrected chi connectivity index (χ2v) is 10.7. The molecule has 180 valence electrons. The number of ketones is 1. The van der Waals surface area contributed by atoms with Crippen molar-refractivity contribution in [1.82, 2.24) is 4.90 Å². The lowest BCUT2D eigenvalue weighted by atomic mass is 9.57. The van der Waals surface area contributed by atoms with Gasteiger partial charge in [-0.15, -0.1) is 0 Å². The van der Waals surface area contributed by atoms with E-state index in [1.807, 2.05) is 24.3 Å². The predicted molar refractivity (Wildman–Crippen MR) is 138 cm³/mol. The predicted octanol–water partition coefficient (Wildman–Crippen LogP) is 5.01. The van der Waals surface area contributed by atoms with Crippen molar-refractivity contribution in [3.63, 3.8) is 0 Å². The van der Waals surface area contributed by atoms with Crippen LogP contribution >= 0.6 is 23.2 Å². The van der Waals surface area contributed by atoms with Gasteiger partial charge in [-0.25, -0.2) is 0 Å². The molecule has 6 nitrogen and oxygen atoms in total. The number of hydrogen-bond donors (Lipinski definition) is 2. The van der Waals surface area contributed by atoms with Crippen molar-refractivity contribution in [2.75, 3.05) is 17.2 Å². The van der Waals surface area contributed by atoms with E-state index in [2.05, 4.69) is 15.5 Å². The Hall–Kier alpha value is -3.19. The fourth-order valence-electron chi connectivity index (χ4n) is 7.38. The first-order chi connectivity index (χ1) is 17.4. The third kappa shape index (κ3) is 2.40. The van der Waals surface area contributed by atoms with Gasteiger partial charge in [0.25, 0.3) is 5.91 Å². The van der Waals surface area contributed by atoms with E-state index in [0.717, 1.165) is 6.42 Å². The number of amides is 2. The average molecular weight is 518 g/mol. The van der Waals surface area contributed by atoms with Crippen molar-refractivity contribution in [1.29, 1.82) is 0 Å². The van der Waals surface area contributed by atoms with Crippen LogP contribution in [-0.2, 0) is 20.5 Å². The fourth-order valence-corrected chi connectivity index (χ4v) is 7.78. The Morgan fingerprint density at radius 2 is 1.61 bits per heavy atom. The Labute approximate surface area is 217 Å². The van der Waals surface area contributed by atoms with E-state index in [0.29, 0.717) is 51.1 Å². The number of fused-ring (bicyclic) bond motifs is 7. The van der Waals surface area contributed by atoms with Crippen LogP contribution in [0, 0.1) is 5.92 Å². The lowest BCUT2D eigenvalue weighted by Crippen LogP contribution is -2.62. The van der Waals surface area contributed by atoms with Crippen LogP contribution in [0.4, 0.5) is 11.4 Å². The molecule has 0 aromatic heterocycles. The summed E-state index contributed by atoms with van der Waals surface area (Å²) in [6.45, 7) is 0.577. The van der Waals surface area contributed by atoms with Gasteiger partial charge >= 0.3 is 0 Å². The molecular formula is C28H21Cl2N3O3. The zero-order valence-corrected chi connectivity index (χ0v) is 20.6. The van der Waals surface area contributed by atoms with Gasteiger partial charge in [0.05, 0.1) is 10.9 Å². The number of benzene rings is 3. The van der Waals surface area contributed by atoms with Crippen molar-refractivity contribution >= 4 is 52.2 Å². The van der Waals surface area contributed by atoms with Crippen LogP contribution in [0.25, 0.3) is 0 Å². The topological polar surface area (TPSA) is 78.5 Å². The van der Waals surface area contributed by atoms with Crippen molar-refractivity contribution in [3.05, 3.63) is 93.5 Å². The van der Waals surface area contributed by atoms with E-state index in [1.165, 1.54) is 0 Å². The highest BCUT2D eigenvalue weighted by atomic mass is 35.5. The number of halogens is 2. The second-order valence-electron chi connectivity index (χ2n) is 9.89. The van der Waals surface area contributed by atoms with Crippen LogP contribution in [0.5, 0.6) is 0 Å². The molecule has 2 N–H and O–H groups in total. The summed E-state index contributed by atoms with van der Waals surface area (Å²) in [7, 11) is 0. The van der Waals surface area contributed by atoms with Crippen LogP contribution in [0.2, 0.25) is 10.0 Å². The summed E-state index contributed by atoms with van der Waals surface area (Å²) in [6.07, 6.45) is 1.49. The molecule has 2 amide bonds. The van der Waals surface area contributed by atoms with Gasteiger partial charge in [0.1, 0.15) is 11.0 Å². The van der Waals surface area contributed by atoms with Crippen molar-refractivity contribution < 1.29 is 14.4 Å². The molecule has 7 rings (SSSR count). The number of hydrogen-bond acceptors (Lipinski definition) is 4. The number of carbonyl (C=O) groups is 3. The minimum Gasteiger partial charge on any atom is -0.325 e. The van der Waals surface area contributed by atoms with Gasteiger partial charge < -0.3 is 10.6 Å². The minimum absolute atomic E-state index is 0.232. The van der Waals surface area contributed by atoms with E-state index in [1.54, 1.807) is 42.5 Å². The quantitative estimate of drug-likeness (QED) is 0.468. The van der Waals surface area contributed by atoms with Gasteiger partial charge in [0, 0.05) is 33.6 Å². The number of Topliss-reactive ketones (excluding diaryl/α,β-unsaturated/α-hetero) is 1. The van der Waals surface area contributed by atoms with E-state index in [9.17, 15) is 14.4 Å². The van der Waals surface area contributed by atoms with Crippen molar-refractivity contribution in [2.24, 2.45) is 5.92 Å². The standard InChI is InChI=1S/C28H21Cl2N3O3/c29-15-11-12-21-18(14-15)28(26(36)32-21)27(17-7-2-4-9-20(17)31-25(27)35)23(22-10-5-13-33(22)28)24(34)16-6-1-3-8-19(16)30/h1-4,6-9,11-12,14,22-23H,5,10,13H2,(H,31,35)(H,32,36). The summed E-state index contributed by atoms with van der Waals surface area (Å²) >= 11 is 13.0. The normalized spacial score (nSPS) is 29.8. The molecule has 4 aliphatic rings. The molecule has 4 unspecified atom stereocenters. The van der Waals surface area contributed by atoms with Gasteiger partial charge in [-0.2, -0.15) is 0 Å². The molecule has 4 atom stereocenters. The summed E-state index contributed by atoms with van der Waals surface area (Å²) in [6, 6.07) is 19.2. The Morgan fingerprint density at radius 3 is 2.44 bits per heavy atom.